The first kappa shape index (κ1) is 11.4. The maximum atomic E-state index is 12.5. The van der Waals surface area contributed by atoms with E-state index in [9.17, 15) is 13.2 Å². The van der Waals surface area contributed by atoms with E-state index in [1.54, 1.807) is 0 Å². The van der Waals surface area contributed by atoms with Crippen LogP contribution >= 0.6 is 0 Å². The van der Waals surface area contributed by atoms with Gasteiger partial charge in [0.25, 0.3) is 0 Å². The zero-order valence-corrected chi connectivity index (χ0v) is 7.73. The minimum absolute atomic E-state index is 0.00535. The standard InChI is InChI=1S/C10H9F3N2/c11-10(12,13)8-4-1-5-9(15)7(8)3-2-6-14/h1,4-5H,6,14-15H2. The quantitative estimate of drug-likeness (QED) is 0.509. The van der Waals surface area contributed by atoms with Crippen molar-refractivity contribution in [1.29, 1.82) is 0 Å². The van der Waals surface area contributed by atoms with Gasteiger partial charge in [-0.25, -0.2) is 0 Å². The molecule has 0 atom stereocenters. The SMILES string of the molecule is NCC#Cc1c(N)cccc1C(F)(F)F. The first-order valence-electron chi connectivity index (χ1n) is 4.11. The molecule has 1 rings (SSSR count). The van der Waals surface area contributed by atoms with E-state index in [0.29, 0.717) is 0 Å². The lowest BCUT2D eigenvalue weighted by atomic mass is 10.1. The molecule has 2 nitrogen and oxygen atoms in total. The number of halogens is 3. The van der Waals surface area contributed by atoms with Crippen LogP contribution in [-0.2, 0) is 6.18 Å². The molecule has 4 N–H and O–H groups in total. The highest BCUT2D eigenvalue weighted by molar-refractivity contribution is 5.60. The lowest BCUT2D eigenvalue weighted by Crippen LogP contribution is -2.09. The van der Waals surface area contributed by atoms with Crippen molar-refractivity contribution in [3.05, 3.63) is 29.3 Å². The monoisotopic (exact) mass is 214 g/mol. The Balaban J connectivity index is 3.33. The summed E-state index contributed by atoms with van der Waals surface area (Å²) in [5.41, 5.74) is 9.47. The third kappa shape index (κ3) is 2.64. The van der Waals surface area contributed by atoms with Crippen LogP contribution in [0.4, 0.5) is 18.9 Å². The lowest BCUT2D eigenvalue weighted by Gasteiger charge is -2.10. The van der Waals surface area contributed by atoms with Crippen LogP contribution in [0.1, 0.15) is 11.1 Å². The van der Waals surface area contributed by atoms with Gasteiger partial charge in [0.15, 0.2) is 0 Å². The van der Waals surface area contributed by atoms with Crippen molar-refractivity contribution in [1.82, 2.24) is 0 Å². The van der Waals surface area contributed by atoms with Crippen LogP contribution in [0.25, 0.3) is 0 Å². The fourth-order valence-electron chi connectivity index (χ4n) is 1.09. The number of rotatable bonds is 0. The fourth-order valence-corrected chi connectivity index (χ4v) is 1.09. The average Bonchev–Trinajstić information content (AvgIpc) is 2.14. The Hall–Kier alpha value is -1.67. The van der Waals surface area contributed by atoms with Crippen LogP contribution < -0.4 is 11.5 Å². The zero-order valence-electron chi connectivity index (χ0n) is 7.73. The summed E-state index contributed by atoms with van der Waals surface area (Å²) >= 11 is 0. The Morgan fingerprint density at radius 2 is 1.93 bits per heavy atom. The van der Waals surface area contributed by atoms with Crippen LogP contribution in [0, 0.1) is 11.8 Å². The molecule has 0 saturated carbocycles. The summed E-state index contributed by atoms with van der Waals surface area (Å²) in [6.07, 6.45) is -4.45. The number of hydrogen-bond acceptors (Lipinski definition) is 2. The van der Waals surface area contributed by atoms with E-state index in [-0.39, 0.29) is 17.8 Å². The zero-order chi connectivity index (χ0) is 11.5. The van der Waals surface area contributed by atoms with Gasteiger partial charge >= 0.3 is 6.18 Å². The molecular weight excluding hydrogens is 205 g/mol. The van der Waals surface area contributed by atoms with Crippen molar-refractivity contribution in [3.8, 4) is 11.8 Å². The van der Waals surface area contributed by atoms with Gasteiger partial charge in [-0.1, -0.05) is 17.9 Å². The Labute approximate surface area is 85.1 Å². The van der Waals surface area contributed by atoms with Gasteiger partial charge in [-0.15, -0.1) is 0 Å². The van der Waals surface area contributed by atoms with Crippen molar-refractivity contribution < 1.29 is 13.2 Å². The normalized spacial score (nSPS) is 10.7. The van der Waals surface area contributed by atoms with Crippen LogP contribution in [0.5, 0.6) is 0 Å². The maximum absolute atomic E-state index is 12.5. The van der Waals surface area contributed by atoms with E-state index in [2.05, 4.69) is 11.8 Å². The first-order chi connectivity index (χ1) is 6.96. The number of nitrogen functional groups attached to an aromatic ring is 1. The molecule has 80 valence electrons. The van der Waals surface area contributed by atoms with Gasteiger partial charge in [0.1, 0.15) is 0 Å². The topological polar surface area (TPSA) is 52.0 Å². The molecule has 0 aliphatic carbocycles. The first-order valence-corrected chi connectivity index (χ1v) is 4.11. The van der Waals surface area contributed by atoms with E-state index < -0.39 is 11.7 Å². The van der Waals surface area contributed by atoms with Crippen molar-refractivity contribution in [2.45, 2.75) is 6.18 Å². The molecule has 0 heterocycles. The lowest BCUT2D eigenvalue weighted by molar-refractivity contribution is -0.137. The molecule has 0 bridgehead atoms. The molecule has 1 aromatic rings. The van der Waals surface area contributed by atoms with Gasteiger partial charge < -0.3 is 11.5 Å². The van der Waals surface area contributed by atoms with Crippen molar-refractivity contribution in [2.24, 2.45) is 5.73 Å². The fraction of sp³-hybridized carbons (Fsp3) is 0.200. The number of benzene rings is 1. The second-order valence-electron chi connectivity index (χ2n) is 2.77. The minimum Gasteiger partial charge on any atom is -0.398 e. The molecule has 1 aromatic carbocycles. The van der Waals surface area contributed by atoms with Gasteiger partial charge in [-0.05, 0) is 12.1 Å². The summed E-state index contributed by atoms with van der Waals surface area (Å²) in [6.45, 7) is -0.00830. The van der Waals surface area contributed by atoms with Crippen molar-refractivity contribution >= 4 is 5.69 Å². The van der Waals surface area contributed by atoms with E-state index in [1.807, 2.05) is 0 Å². The summed E-state index contributed by atoms with van der Waals surface area (Å²) in [5, 5.41) is 0. The summed E-state index contributed by atoms with van der Waals surface area (Å²) in [5.74, 6) is 4.68. The predicted molar refractivity (Wildman–Crippen MR) is 51.8 cm³/mol. The third-order valence-electron chi connectivity index (χ3n) is 1.72. The molecule has 0 spiro atoms. The van der Waals surface area contributed by atoms with Gasteiger partial charge in [0.2, 0.25) is 0 Å². The molecule has 5 heteroatoms. The molecular formula is C10H9F3N2. The molecule has 0 saturated heterocycles. The largest absolute Gasteiger partial charge is 0.417 e. The van der Waals surface area contributed by atoms with Crippen LogP contribution in [0.15, 0.2) is 18.2 Å². The van der Waals surface area contributed by atoms with E-state index in [0.717, 1.165) is 6.07 Å². The molecule has 0 aliphatic heterocycles. The summed E-state index contributed by atoms with van der Waals surface area (Å²) in [7, 11) is 0. The van der Waals surface area contributed by atoms with Gasteiger partial charge in [-0.2, -0.15) is 13.2 Å². The number of anilines is 1. The molecule has 0 unspecified atom stereocenters. The summed E-state index contributed by atoms with van der Waals surface area (Å²) in [6, 6.07) is 3.55. The highest BCUT2D eigenvalue weighted by Crippen LogP contribution is 2.33. The Morgan fingerprint density at radius 1 is 1.27 bits per heavy atom. The minimum atomic E-state index is -4.45. The second-order valence-corrected chi connectivity index (χ2v) is 2.77. The van der Waals surface area contributed by atoms with Crippen molar-refractivity contribution in [3.63, 3.8) is 0 Å². The van der Waals surface area contributed by atoms with E-state index in [1.165, 1.54) is 12.1 Å². The molecule has 0 amide bonds. The number of alkyl halides is 3. The maximum Gasteiger partial charge on any atom is 0.417 e. The van der Waals surface area contributed by atoms with Crippen LogP contribution in [0.3, 0.4) is 0 Å². The second kappa shape index (κ2) is 4.24. The molecule has 0 radical (unpaired) electrons. The van der Waals surface area contributed by atoms with Gasteiger partial charge in [-0.3, -0.25) is 0 Å². The smallest absolute Gasteiger partial charge is 0.398 e. The Morgan fingerprint density at radius 3 is 2.47 bits per heavy atom. The highest BCUT2D eigenvalue weighted by Gasteiger charge is 2.33. The van der Waals surface area contributed by atoms with E-state index >= 15 is 0 Å². The Kier molecular flexibility index (Phi) is 3.22. The predicted octanol–water partition coefficient (Wildman–Crippen LogP) is 1.60. The molecule has 0 fully saturated rings. The van der Waals surface area contributed by atoms with E-state index in [4.69, 9.17) is 11.5 Å². The van der Waals surface area contributed by atoms with Gasteiger partial charge in [0, 0.05) is 5.69 Å². The highest BCUT2D eigenvalue weighted by atomic mass is 19.4. The molecule has 15 heavy (non-hydrogen) atoms. The van der Waals surface area contributed by atoms with Gasteiger partial charge in [0.05, 0.1) is 17.7 Å². The summed E-state index contributed by atoms with van der Waals surface area (Å²) < 4.78 is 37.5. The van der Waals surface area contributed by atoms with Crippen LogP contribution in [-0.4, -0.2) is 6.54 Å². The summed E-state index contributed by atoms with van der Waals surface area (Å²) in [4.78, 5) is 0. The number of nitrogens with two attached hydrogens (primary N) is 2. The van der Waals surface area contributed by atoms with Crippen molar-refractivity contribution in [2.75, 3.05) is 12.3 Å². The molecule has 0 aromatic heterocycles. The van der Waals surface area contributed by atoms with Crippen LogP contribution in [0.2, 0.25) is 0 Å². The molecule has 0 aliphatic rings. The third-order valence-corrected chi connectivity index (χ3v) is 1.72. The number of hydrogen-bond donors (Lipinski definition) is 2. The average molecular weight is 214 g/mol. The Bertz CT molecular complexity index is 413.